The monoisotopic (exact) mass is 351 g/mol. The molecule has 0 saturated carbocycles. The maximum absolute atomic E-state index is 11.9. The third-order valence-electron chi connectivity index (χ3n) is 3.78. The summed E-state index contributed by atoms with van der Waals surface area (Å²) in [6, 6.07) is 12.0. The van der Waals surface area contributed by atoms with Gasteiger partial charge in [-0.1, -0.05) is 35.5 Å². The van der Waals surface area contributed by atoms with Gasteiger partial charge in [-0.2, -0.15) is 0 Å². The maximum Gasteiger partial charge on any atom is 0.222 e. The molecule has 2 N–H and O–H groups in total. The summed E-state index contributed by atoms with van der Waals surface area (Å²) in [6.45, 7) is 2.63. The van der Waals surface area contributed by atoms with Gasteiger partial charge >= 0.3 is 0 Å². The zero-order valence-electron chi connectivity index (χ0n) is 14.3. The van der Waals surface area contributed by atoms with Crippen molar-refractivity contribution in [2.75, 3.05) is 13.6 Å². The molecule has 0 spiro atoms. The molecule has 0 saturated heterocycles. The third-order valence-corrected chi connectivity index (χ3v) is 3.78. The normalized spacial score (nSPS) is 11.6. The van der Waals surface area contributed by atoms with E-state index in [1.165, 1.54) is 0 Å². The van der Waals surface area contributed by atoms with Crippen LogP contribution in [0.2, 0.25) is 0 Å². The molecule has 1 heterocycles. The number of rotatable bonds is 8. The minimum atomic E-state index is 0. The van der Waals surface area contributed by atoms with Crippen LogP contribution >= 0.6 is 12.4 Å². The van der Waals surface area contributed by atoms with Crippen molar-refractivity contribution in [1.29, 1.82) is 0 Å². The lowest BCUT2D eigenvalue weighted by molar-refractivity contribution is -0.130. The Labute approximate surface area is 149 Å². The molecule has 0 aliphatic carbocycles. The van der Waals surface area contributed by atoms with Gasteiger partial charge in [-0.05, 0) is 19.8 Å². The number of hydrogen-bond acceptors (Lipinski definition) is 4. The molecule has 24 heavy (non-hydrogen) atoms. The highest BCUT2D eigenvalue weighted by Gasteiger charge is 2.11. The summed E-state index contributed by atoms with van der Waals surface area (Å²) < 4.78 is 5.37. The van der Waals surface area contributed by atoms with Gasteiger partial charge in [0, 0.05) is 44.1 Å². The number of amides is 1. The van der Waals surface area contributed by atoms with Crippen molar-refractivity contribution in [3.8, 4) is 11.3 Å². The van der Waals surface area contributed by atoms with E-state index in [-0.39, 0.29) is 24.4 Å². The molecule has 1 amide bonds. The van der Waals surface area contributed by atoms with E-state index in [9.17, 15) is 4.79 Å². The first-order valence-corrected chi connectivity index (χ1v) is 8.07. The first-order valence-electron chi connectivity index (χ1n) is 8.07. The van der Waals surface area contributed by atoms with Crippen LogP contribution < -0.4 is 5.73 Å². The van der Waals surface area contributed by atoms with E-state index in [2.05, 4.69) is 5.16 Å². The second-order valence-electron chi connectivity index (χ2n) is 5.98. The molecule has 5 nitrogen and oxygen atoms in total. The average Bonchev–Trinajstić information content (AvgIpc) is 3.02. The van der Waals surface area contributed by atoms with E-state index < -0.39 is 0 Å². The largest absolute Gasteiger partial charge is 0.361 e. The lowest BCUT2D eigenvalue weighted by Gasteiger charge is -2.17. The van der Waals surface area contributed by atoms with Crippen molar-refractivity contribution in [3.05, 3.63) is 42.2 Å². The van der Waals surface area contributed by atoms with Crippen LogP contribution in [-0.2, 0) is 11.2 Å². The summed E-state index contributed by atoms with van der Waals surface area (Å²) in [5.74, 6) is 0.991. The molecule has 1 unspecified atom stereocenters. The summed E-state index contributed by atoms with van der Waals surface area (Å²) in [5.41, 5.74) is 7.57. The SMILES string of the molecule is CC(N)CCC(=O)N(C)CCCc1cc(-c2ccccc2)no1.Cl. The number of aromatic nitrogens is 1. The number of halogens is 1. The maximum atomic E-state index is 11.9. The number of carbonyl (C=O) groups is 1. The molecule has 2 aromatic rings. The average molecular weight is 352 g/mol. The highest BCUT2D eigenvalue weighted by atomic mass is 35.5. The first kappa shape index (κ1) is 20.2. The van der Waals surface area contributed by atoms with Crippen molar-refractivity contribution in [3.63, 3.8) is 0 Å². The minimum Gasteiger partial charge on any atom is -0.361 e. The lowest BCUT2D eigenvalue weighted by Crippen LogP contribution is -2.29. The fraction of sp³-hybridized carbons (Fsp3) is 0.444. The van der Waals surface area contributed by atoms with Crippen LogP contribution in [0.1, 0.15) is 31.9 Å². The number of hydrogen-bond donors (Lipinski definition) is 1. The Kier molecular flexibility index (Phi) is 8.50. The predicted molar refractivity (Wildman–Crippen MR) is 98.0 cm³/mol. The van der Waals surface area contributed by atoms with Crippen LogP contribution in [0.4, 0.5) is 0 Å². The fourth-order valence-electron chi connectivity index (χ4n) is 2.33. The molecule has 6 heteroatoms. The molecule has 2 rings (SSSR count). The van der Waals surface area contributed by atoms with E-state index >= 15 is 0 Å². The Morgan fingerprint density at radius 3 is 2.71 bits per heavy atom. The molecule has 132 valence electrons. The summed E-state index contributed by atoms with van der Waals surface area (Å²) >= 11 is 0. The standard InChI is InChI=1S/C18H25N3O2.ClH/c1-14(19)10-11-18(22)21(2)12-6-9-16-13-17(20-23-16)15-7-4-3-5-8-15;/h3-5,7-8,13-14H,6,9-12,19H2,1-2H3;1H. The van der Waals surface area contributed by atoms with Crippen LogP contribution in [0, 0.1) is 0 Å². The Balaban J connectivity index is 0.00000288. The second kappa shape index (κ2) is 10.1. The van der Waals surface area contributed by atoms with E-state index in [1.54, 1.807) is 4.90 Å². The Hall–Kier alpha value is -1.85. The van der Waals surface area contributed by atoms with Gasteiger partial charge in [-0.15, -0.1) is 12.4 Å². The van der Waals surface area contributed by atoms with Gasteiger partial charge in [0.15, 0.2) is 0 Å². The van der Waals surface area contributed by atoms with Crippen molar-refractivity contribution >= 4 is 18.3 Å². The lowest BCUT2D eigenvalue weighted by atomic mass is 10.1. The third kappa shape index (κ3) is 6.34. The molecule has 1 atom stereocenters. The highest BCUT2D eigenvalue weighted by Crippen LogP contribution is 2.19. The van der Waals surface area contributed by atoms with Gasteiger partial charge in [-0.3, -0.25) is 4.79 Å². The van der Waals surface area contributed by atoms with Gasteiger partial charge in [0.25, 0.3) is 0 Å². The molecule has 0 fully saturated rings. The van der Waals surface area contributed by atoms with Gasteiger partial charge < -0.3 is 15.2 Å². The van der Waals surface area contributed by atoms with E-state index in [1.807, 2.05) is 50.4 Å². The van der Waals surface area contributed by atoms with Gasteiger partial charge in [0.05, 0.1) is 0 Å². The van der Waals surface area contributed by atoms with Gasteiger partial charge in [0.2, 0.25) is 5.91 Å². The highest BCUT2D eigenvalue weighted by molar-refractivity contribution is 5.85. The molecular weight excluding hydrogens is 326 g/mol. The number of benzene rings is 1. The van der Waals surface area contributed by atoms with Crippen LogP contribution in [0.3, 0.4) is 0 Å². The summed E-state index contributed by atoms with van der Waals surface area (Å²) in [6.07, 6.45) is 2.86. The van der Waals surface area contributed by atoms with Crippen molar-refractivity contribution in [2.24, 2.45) is 5.73 Å². The zero-order chi connectivity index (χ0) is 16.7. The molecule has 0 aliphatic rings. The van der Waals surface area contributed by atoms with Crippen LogP contribution in [0.15, 0.2) is 40.9 Å². The Morgan fingerprint density at radius 2 is 2.04 bits per heavy atom. The Morgan fingerprint density at radius 1 is 1.33 bits per heavy atom. The van der Waals surface area contributed by atoms with Crippen molar-refractivity contribution in [1.82, 2.24) is 10.1 Å². The molecule has 0 bridgehead atoms. The smallest absolute Gasteiger partial charge is 0.222 e. The van der Waals surface area contributed by atoms with E-state index in [0.29, 0.717) is 13.0 Å². The van der Waals surface area contributed by atoms with Crippen molar-refractivity contribution in [2.45, 2.75) is 38.6 Å². The van der Waals surface area contributed by atoms with E-state index in [0.717, 1.165) is 36.3 Å². The fourth-order valence-corrected chi connectivity index (χ4v) is 2.33. The molecule has 1 aromatic heterocycles. The zero-order valence-corrected chi connectivity index (χ0v) is 15.1. The van der Waals surface area contributed by atoms with Crippen LogP contribution in [0.5, 0.6) is 0 Å². The number of carbonyl (C=O) groups excluding carboxylic acids is 1. The van der Waals surface area contributed by atoms with Crippen LogP contribution in [-0.4, -0.2) is 35.6 Å². The topological polar surface area (TPSA) is 72.4 Å². The Bertz CT molecular complexity index is 614. The summed E-state index contributed by atoms with van der Waals surface area (Å²) in [4.78, 5) is 13.7. The number of nitrogens with two attached hydrogens (primary N) is 1. The first-order chi connectivity index (χ1) is 11.1. The van der Waals surface area contributed by atoms with Crippen LogP contribution in [0.25, 0.3) is 11.3 Å². The quantitative estimate of drug-likeness (QED) is 0.792. The molecule has 1 aromatic carbocycles. The van der Waals surface area contributed by atoms with Gasteiger partial charge in [0.1, 0.15) is 11.5 Å². The minimum absolute atomic E-state index is 0. The summed E-state index contributed by atoms with van der Waals surface area (Å²) in [5, 5.41) is 4.10. The number of nitrogens with zero attached hydrogens (tertiary/aromatic N) is 2. The number of aryl methyl sites for hydroxylation is 1. The predicted octanol–water partition coefficient (Wildman–Crippen LogP) is 3.28. The molecule has 0 aliphatic heterocycles. The molecule has 0 radical (unpaired) electrons. The van der Waals surface area contributed by atoms with E-state index in [4.69, 9.17) is 10.3 Å². The van der Waals surface area contributed by atoms with Crippen molar-refractivity contribution < 1.29 is 9.32 Å². The second-order valence-corrected chi connectivity index (χ2v) is 5.98. The van der Waals surface area contributed by atoms with Gasteiger partial charge in [-0.25, -0.2) is 0 Å². The molecular formula is C18H26ClN3O2. The summed E-state index contributed by atoms with van der Waals surface area (Å²) in [7, 11) is 1.83.